The third-order valence-electron chi connectivity index (χ3n) is 5.58. The van der Waals surface area contributed by atoms with Gasteiger partial charge in [0.25, 0.3) is 0 Å². The van der Waals surface area contributed by atoms with Crippen molar-refractivity contribution in [1.29, 1.82) is 0 Å². The fourth-order valence-corrected chi connectivity index (χ4v) is 4.13. The summed E-state index contributed by atoms with van der Waals surface area (Å²) in [5.41, 5.74) is 1.27. The number of hydrogen-bond acceptors (Lipinski definition) is 4. The molecule has 2 aromatic rings. The summed E-state index contributed by atoms with van der Waals surface area (Å²) < 4.78 is 5.30. The minimum Gasteiger partial charge on any atom is -0.464 e. The number of fused-ring (bicyclic) bond motifs is 1. The summed E-state index contributed by atoms with van der Waals surface area (Å²) in [5.74, 6) is -0.541. The zero-order valence-corrected chi connectivity index (χ0v) is 14.6. The summed E-state index contributed by atoms with van der Waals surface area (Å²) in [6.07, 6.45) is 0. The largest absolute Gasteiger partial charge is 0.464 e. The number of amides is 1. The van der Waals surface area contributed by atoms with Gasteiger partial charge in [0.2, 0.25) is 5.91 Å². The second kappa shape index (κ2) is 6.57. The van der Waals surface area contributed by atoms with Crippen molar-refractivity contribution in [1.82, 2.24) is 10.6 Å². The lowest BCUT2D eigenvalue weighted by atomic mass is 9.78. The van der Waals surface area contributed by atoms with Crippen LogP contribution in [0.1, 0.15) is 24.0 Å². The maximum absolute atomic E-state index is 13.0. The van der Waals surface area contributed by atoms with Crippen LogP contribution in [0.5, 0.6) is 0 Å². The van der Waals surface area contributed by atoms with E-state index in [0.29, 0.717) is 13.2 Å². The molecule has 2 heterocycles. The van der Waals surface area contributed by atoms with E-state index in [1.54, 1.807) is 0 Å². The highest BCUT2D eigenvalue weighted by molar-refractivity contribution is 5.89. The van der Waals surface area contributed by atoms with Crippen molar-refractivity contribution in [3.8, 4) is 0 Å². The van der Waals surface area contributed by atoms with Crippen molar-refractivity contribution in [3.63, 3.8) is 0 Å². The molecule has 2 aromatic carbocycles. The van der Waals surface area contributed by atoms with Crippen molar-refractivity contribution >= 4 is 11.9 Å². The molecule has 134 valence electrons. The average Bonchev–Trinajstić information content (AvgIpc) is 3.14. The first-order chi connectivity index (χ1) is 12.6. The van der Waals surface area contributed by atoms with E-state index in [0.717, 1.165) is 11.1 Å². The van der Waals surface area contributed by atoms with Crippen molar-refractivity contribution in [3.05, 3.63) is 71.8 Å². The Balaban J connectivity index is 1.59. The Morgan fingerprint density at radius 1 is 1.15 bits per heavy atom. The summed E-state index contributed by atoms with van der Waals surface area (Å²) in [5, 5.41) is 6.29. The maximum Gasteiger partial charge on any atom is 0.326 e. The monoisotopic (exact) mass is 350 g/mol. The van der Waals surface area contributed by atoms with Gasteiger partial charge in [0.1, 0.15) is 5.54 Å². The Bertz CT molecular complexity index is 809. The predicted octanol–water partition coefficient (Wildman–Crippen LogP) is 1.99. The Morgan fingerprint density at radius 2 is 1.81 bits per heavy atom. The number of esters is 1. The predicted molar refractivity (Wildman–Crippen MR) is 97.2 cm³/mol. The molecule has 2 N–H and O–H groups in total. The van der Waals surface area contributed by atoms with E-state index in [1.165, 1.54) is 0 Å². The lowest BCUT2D eigenvalue weighted by Crippen LogP contribution is -2.51. The van der Waals surface area contributed by atoms with Crippen molar-refractivity contribution in [2.45, 2.75) is 31.0 Å². The maximum atomic E-state index is 13.0. The molecule has 2 saturated heterocycles. The van der Waals surface area contributed by atoms with Crippen LogP contribution < -0.4 is 10.6 Å². The number of nitrogens with one attached hydrogen (secondary N) is 2. The summed E-state index contributed by atoms with van der Waals surface area (Å²) in [4.78, 5) is 25.2. The van der Waals surface area contributed by atoms with Crippen LogP contribution in [0.4, 0.5) is 0 Å². The van der Waals surface area contributed by atoms with Gasteiger partial charge in [-0.3, -0.25) is 14.9 Å². The number of cyclic esters (lactones) is 1. The van der Waals surface area contributed by atoms with Crippen LogP contribution in [0.2, 0.25) is 0 Å². The lowest BCUT2D eigenvalue weighted by Gasteiger charge is -2.22. The molecule has 1 amide bonds. The van der Waals surface area contributed by atoms with Gasteiger partial charge in [-0.1, -0.05) is 60.7 Å². The topological polar surface area (TPSA) is 67.4 Å². The molecular weight excluding hydrogens is 328 g/mol. The molecule has 2 fully saturated rings. The molecule has 0 aromatic heterocycles. The molecule has 0 unspecified atom stereocenters. The number of rotatable bonds is 4. The third kappa shape index (κ3) is 2.78. The molecule has 0 bridgehead atoms. The van der Waals surface area contributed by atoms with Crippen LogP contribution in [0.25, 0.3) is 0 Å². The van der Waals surface area contributed by atoms with E-state index in [-0.39, 0.29) is 23.7 Å². The Hall–Kier alpha value is -2.66. The van der Waals surface area contributed by atoms with Gasteiger partial charge in [0.05, 0.1) is 12.6 Å². The molecule has 2 aliphatic rings. The van der Waals surface area contributed by atoms with Crippen LogP contribution in [0.3, 0.4) is 0 Å². The van der Waals surface area contributed by atoms with Gasteiger partial charge < -0.3 is 10.1 Å². The lowest BCUT2D eigenvalue weighted by molar-refractivity contribution is -0.143. The van der Waals surface area contributed by atoms with Gasteiger partial charge >= 0.3 is 5.97 Å². The minimum atomic E-state index is -0.824. The first-order valence-electron chi connectivity index (χ1n) is 8.91. The first kappa shape index (κ1) is 16.8. The molecule has 2 aliphatic heterocycles. The SMILES string of the molecule is C[C@@]12N[C@H](C(=O)NCc3ccccc3)[C@@H](c3ccccc3)[C@@H]1COC2=O. The summed E-state index contributed by atoms with van der Waals surface area (Å²) in [7, 11) is 0. The number of carbonyl (C=O) groups excluding carboxylic acids is 2. The van der Waals surface area contributed by atoms with E-state index >= 15 is 0 Å². The summed E-state index contributed by atoms with van der Waals surface area (Å²) in [6, 6.07) is 19.2. The van der Waals surface area contributed by atoms with Crippen molar-refractivity contribution in [2.24, 2.45) is 5.92 Å². The number of carbonyl (C=O) groups is 2. The van der Waals surface area contributed by atoms with Crippen LogP contribution in [0.15, 0.2) is 60.7 Å². The zero-order chi connectivity index (χ0) is 18.1. The van der Waals surface area contributed by atoms with Crippen molar-refractivity contribution < 1.29 is 14.3 Å². The second-order valence-electron chi connectivity index (χ2n) is 7.17. The highest BCUT2D eigenvalue weighted by atomic mass is 16.5. The van der Waals surface area contributed by atoms with Gasteiger partial charge in [-0.05, 0) is 18.1 Å². The highest BCUT2D eigenvalue weighted by Gasteiger charge is 2.61. The average molecular weight is 350 g/mol. The Kier molecular flexibility index (Phi) is 4.24. The van der Waals surface area contributed by atoms with Gasteiger partial charge in [-0.15, -0.1) is 0 Å². The molecule has 4 atom stereocenters. The Morgan fingerprint density at radius 3 is 2.50 bits per heavy atom. The van der Waals surface area contributed by atoms with E-state index in [9.17, 15) is 9.59 Å². The normalized spacial score (nSPS) is 29.9. The number of hydrogen-bond donors (Lipinski definition) is 2. The molecule has 0 saturated carbocycles. The standard InChI is InChI=1S/C21H22N2O3/c1-21-16(13-26-20(21)25)17(15-10-6-3-7-11-15)18(23-21)19(24)22-12-14-8-4-2-5-9-14/h2-11,16-18,23H,12-13H2,1H3,(H,22,24)/t16-,17-,18-,21+/m0/s1. The molecule has 0 spiro atoms. The minimum absolute atomic E-state index is 0.0649. The van der Waals surface area contributed by atoms with Gasteiger partial charge in [-0.25, -0.2) is 0 Å². The van der Waals surface area contributed by atoms with Gasteiger partial charge in [0.15, 0.2) is 0 Å². The van der Waals surface area contributed by atoms with E-state index in [4.69, 9.17) is 4.74 Å². The number of ether oxygens (including phenoxy) is 1. The van der Waals surface area contributed by atoms with Crippen molar-refractivity contribution in [2.75, 3.05) is 6.61 Å². The number of benzene rings is 2. The van der Waals surface area contributed by atoms with E-state index < -0.39 is 11.6 Å². The highest BCUT2D eigenvalue weighted by Crippen LogP contribution is 2.46. The van der Waals surface area contributed by atoms with Crippen LogP contribution >= 0.6 is 0 Å². The Labute approximate surface area is 152 Å². The fraction of sp³-hybridized carbons (Fsp3) is 0.333. The summed E-state index contributed by atoms with van der Waals surface area (Å²) >= 11 is 0. The van der Waals surface area contributed by atoms with Crippen LogP contribution in [-0.2, 0) is 20.9 Å². The fourth-order valence-electron chi connectivity index (χ4n) is 4.13. The van der Waals surface area contributed by atoms with Gasteiger partial charge in [-0.2, -0.15) is 0 Å². The van der Waals surface area contributed by atoms with Crippen LogP contribution in [0, 0.1) is 5.92 Å². The molecule has 0 radical (unpaired) electrons. The first-order valence-corrected chi connectivity index (χ1v) is 8.91. The smallest absolute Gasteiger partial charge is 0.326 e. The molecule has 0 aliphatic carbocycles. The zero-order valence-electron chi connectivity index (χ0n) is 14.6. The van der Waals surface area contributed by atoms with Crippen LogP contribution in [-0.4, -0.2) is 30.1 Å². The quantitative estimate of drug-likeness (QED) is 0.828. The molecular formula is C21H22N2O3. The molecule has 5 heteroatoms. The van der Waals surface area contributed by atoms with E-state index in [1.807, 2.05) is 67.6 Å². The second-order valence-corrected chi connectivity index (χ2v) is 7.17. The molecule has 4 rings (SSSR count). The summed E-state index contributed by atoms with van der Waals surface area (Å²) in [6.45, 7) is 2.64. The van der Waals surface area contributed by atoms with E-state index in [2.05, 4.69) is 10.6 Å². The third-order valence-corrected chi connectivity index (χ3v) is 5.58. The van der Waals surface area contributed by atoms with Gasteiger partial charge in [0, 0.05) is 18.4 Å². The molecule has 5 nitrogen and oxygen atoms in total. The molecule has 26 heavy (non-hydrogen) atoms.